The van der Waals surface area contributed by atoms with Crippen LogP contribution in [-0.2, 0) is 0 Å². The van der Waals surface area contributed by atoms with Crippen LogP contribution in [0.3, 0.4) is 0 Å². The second-order valence-electron chi connectivity index (χ2n) is 6.65. The third-order valence-electron chi connectivity index (χ3n) is 3.48. The van der Waals surface area contributed by atoms with Crippen molar-refractivity contribution in [3.63, 3.8) is 0 Å². The highest BCUT2D eigenvalue weighted by Gasteiger charge is 1.92. The number of hydrogen-bond acceptors (Lipinski definition) is 4. The molecule has 6 N–H and O–H groups in total. The summed E-state index contributed by atoms with van der Waals surface area (Å²) in [6, 6.07) is 0.463. The Kier molecular flexibility index (Phi) is 26.4. The molecule has 8 heteroatoms. The molecule has 0 heterocycles. The first-order valence-electron chi connectivity index (χ1n) is 9.68. The molecule has 0 aliphatic carbocycles. The van der Waals surface area contributed by atoms with Crippen LogP contribution in [0.5, 0.6) is 0 Å². The van der Waals surface area contributed by atoms with Crippen molar-refractivity contribution in [3.05, 3.63) is 32.3 Å². The molecule has 8 nitrogen and oxygen atoms in total. The van der Waals surface area contributed by atoms with Gasteiger partial charge in [0.15, 0.2) is 0 Å². The first-order chi connectivity index (χ1) is 12.2. The fraction of sp³-hybridized carbons (Fsp3) is 0.889. The summed E-state index contributed by atoms with van der Waals surface area (Å²) in [5.74, 6) is 0. The molecule has 0 unspecified atom stereocenters. The normalized spacial score (nSPS) is 9.31. The smallest absolute Gasteiger partial charge is 0.0739 e. The largest absolute Gasteiger partial charge is 0.358 e. The number of nitrogens with zero attached hydrogens (tertiary/aromatic N) is 2. The molecule has 0 aromatic heterocycles. The van der Waals surface area contributed by atoms with Gasteiger partial charge < -0.3 is 11.5 Å². The van der Waals surface area contributed by atoms with Gasteiger partial charge in [0, 0.05) is 0 Å². The first-order valence-corrected chi connectivity index (χ1v) is 9.68. The van der Waals surface area contributed by atoms with E-state index < -0.39 is 9.85 Å². The van der Waals surface area contributed by atoms with Gasteiger partial charge in [0.2, 0.25) is 0 Å². The van der Waals surface area contributed by atoms with E-state index in [9.17, 15) is 20.2 Å². The predicted octanol–water partition coefficient (Wildman–Crippen LogP) is 3.04. The molecule has 0 amide bonds. The summed E-state index contributed by atoms with van der Waals surface area (Å²) in [6.07, 6.45) is 14.1. The highest BCUT2D eigenvalue weighted by Crippen LogP contribution is 2.09. The minimum Gasteiger partial charge on any atom is -0.358 e. The van der Waals surface area contributed by atoms with Crippen LogP contribution >= 0.6 is 0 Å². The lowest BCUT2D eigenvalue weighted by molar-refractivity contribution is -0.461. The monoisotopic (exact) mass is 378 g/mol. The topological polar surface area (TPSA) is 142 Å². The van der Waals surface area contributed by atoms with Gasteiger partial charge in [-0.25, -0.2) is 0 Å². The Balaban J connectivity index is -0.000000364. The highest BCUT2D eigenvalue weighted by molar-refractivity contribution is 4.56. The van der Waals surface area contributed by atoms with Gasteiger partial charge in [-0.05, 0) is 25.7 Å². The summed E-state index contributed by atoms with van der Waals surface area (Å²) < 4.78 is 0. The first kappa shape index (κ1) is 29.2. The standard InChI is InChI=1S/C12H28N2.2C3H6NO2/c13-11-9-7-5-3-1-2-4-6-8-10-12-14;2*1-3(2)4(5)6/h1-14H2;2*1-2H3/q;2*-1/p+2. The molecule has 0 aliphatic rings. The summed E-state index contributed by atoms with van der Waals surface area (Å²) in [4.78, 5) is 18.1. The van der Waals surface area contributed by atoms with Crippen LogP contribution < -0.4 is 11.5 Å². The van der Waals surface area contributed by atoms with Crippen molar-refractivity contribution in [1.29, 1.82) is 0 Å². The average molecular weight is 379 g/mol. The maximum absolute atomic E-state index is 9.47. The predicted molar refractivity (Wildman–Crippen MR) is 105 cm³/mol. The van der Waals surface area contributed by atoms with Crippen LogP contribution in [-0.4, -0.2) is 22.9 Å². The number of nitro groups is 2. The summed E-state index contributed by atoms with van der Waals surface area (Å²) in [5.41, 5.74) is 7.71. The molecule has 26 heavy (non-hydrogen) atoms. The molecular weight excluding hydrogens is 336 g/mol. The second kappa shape index (κ2) is 23.5. The SMILES string of the molecule is C[C-](C)[N+](=O)[O-].C[C-](C)[N+](=O)[O-].[NH3+]CCCCCCCCCCCC[NH3+]. The molecule has 0 bridgehead atoms. The molecular formula is C18H42N4O4. The minimum atomic E-state index is -0.417. The van der Waals surface area contributed by atoms with Gasteiger partial charge in [0.1, 0.15) is 0 Å². The van der Waals surface area contributed by atoms with E-state index in [0.29, 0.717) is 0 Å². The van der Waals surface area contributed by atoms with E-state index in [4.69, 9.17) is 0 Å². The molecule has 0 atom stereocenters. The summed E-state index contributed by atoms with van der Waals surface area (Å²) in [7, 11) is 0. The second-order valence-corrected chi connectivity index (χ2v) is 6.65. The molecule has 0 radical (unpaired) electrons. The van der Waals surface area contributed by atoms with Crippen LogP contribution in [0, 0.1) is 32.3 Å². The lowest BCUT2D eigenvalue weighted by Gasteiger charge is -2.03. The van der Waals surface area contributed by atoms with Gasteiger partial charge in [-0.15, -0.1) is 37.5 Å². The fourth-order valence-corrected chi connectivity index (χ4v) is 1.77. The Bertz CT molecular complexity index is 284. The van der Waals surface area contributed by atoms with E-state index in [2.05, 4.69) is 11.5 Å². The van der Waals surface area contributed by atoms with E-state index in [1.807, 2.05) is 0 Å². The Labute approximate surface area is 159 Å². The van der Waals surface area contributed by atoms with E-state index in [1.165, 1.54) is 91.9 Å². The van der Waals surface area contributed by atoms with Gasteiger partial charge in [-0.1, -0.05) is 50.6 Å². The zero-order valence-electron chi connectivity index (χ0n) is 17.4. The molecule has 158 valence electrons. The Morgan fingerprint density at radius 2 is 0.731 bits per heavy atom. The number of rotatable bonds is 13. The molecule has 0 aromatic carbocycles. The maximum Gasteiger partial charge on any atom is 0.0739 e. The van der Waals surface area contributed by atoms with Gasteiger partial charge in [0.25, 0.3) is 0 Å². The van der Waals surface area contributed by atoms with Gasteiger partial charge in [-0.3, -0.25) is 20.2 Å². The van der Waals surface area contributed by atoms with Crippen LogP contribution in [0.1, 0.15) is 91.9 Å². The van der Waals surface area contributed by atoms with Crippen molar-refractivity contribution in [2.75, 3.05) is 13.1 Å². The third-order valence-corrected chi connectivity index (χ3v) is 3.48. The van der Waals surface area contributed by atoms with Crippen LogP contribution in [0.2, 0.25) is 0 Å². The number of quaternary nitrogens is 2. The van der Waals surface area contributed by atoms with Gasteiger partial charge in [-0.2, -0.15) is 0 Å². The van der Waals surface area contributed by atoms with Crippen molar-refractivity contribution in [2.45, 2.75) is 91.9 Å². The van der Waals surface area contributed by atoms with Crippen molar-refractivity contribution in [1.82, 2.24) is 0 Å². The molecule has 0 aliphatic heterocycles. The van der Waals surface area contributed by atoms with Crippen molar-refractivity contribution in [2.24, 2.45) is 0 Å². The lowest BCUT2D eigenvalue weighted by atomic mass is 10.1. The van der Waals surface area contributed by atoms with Crippen LogP contribution in [0.25, 0.3) is 0 Å². The van der Waals surface area contributed by atoms with Crippen molar-refractivity contribution >= 4 is 0 Å². The van der Waals surface area contributed by atoms with E-state index >= 15 is 0 Å². The Morgan fingerprint density at radius 1 is 0.577 bits per heavy atom. The lowest BCUT2D eigenvalue weighted by Crippen LogP contribution is -2.50. The zero-order valence-corrected chi connectivity index (χ0v) is 17.4. The molecule has 0 rings (SSSR count). The summed E-state index contributed by atoms with van der Waals surface area (Å²) in [6.45, 7) is 8.07. The average Bonchev–Trinajstić information content (AvgIpc) is 2.57. The molecule has 0 saturated carbocycles. The number of unbranched alkanes of at least 4 members (excludes halogenated alkanes) is 9. The Morgan fingerprint density at radius 3 is 0.846 bits per heavy atom. The van der Waals surface area contributed by atoms with Crippen molar-refractivity contribution in [3.8, 4) is 0 Å². The quantitative estimate of drug-likeness (QED) is 0.220. The summed E-state index contributed by atoms with van der Waals surface area (Å²) in [5, 5.41) is 18.9. The zero-order chi connectivity index (χ0) is 20.8. The molecule has 0 fully saturated rings. The van der Waals surface area contributed by atoms with Crippen LogP contribution in [0.4, 0.5) is 0 Å². The minimum absolute atomic E-state index is 0.231. The van der Waals surface area contributed by atoms with Crippen molar-refractivity contribution < 1.29 is 21.3 Å². The molecule has 0 aromatic rings. The molecule has 0 saturated heterocycles. The third kappa shape index (κ3) is 33.9. The Hall–Kier alpha value is -1.54. The van der Waals surface area contributed by atoms with Gasteiger partial charge >= 0.3 is 0 Å². The summed E-state index contributed by atoms with van der Waals surface area (Å²) >= 11 is 0. The highest BCUT2D eigenvalue weighted by atomic mass is 16.6. The van der Waals surface area contributed by atoms with Crippen LogP contribution in [0.15, 0.2) is 0 Å². The van der Waals surface area contributed by atoms with E-state index in [1.54, 1.807) is 0 Å². The van der Waals surface area contributed by atoms with Gasteiger partial charge in [0.05, 0.1) is 13.1 Å². The van der Waals surface area contributed by atoms with E-state index in [0.717, 1.165) is 13.1 Å². The maximum atomic E-state index is 9.47. The van der Waals surface area contributed by atoms with E-state index in [-0.39, 0.29) is 12.1 Å². The number of hydrogen-bond donors (Lipinski definition) is 2. The molecule has 0 spiro atoms. The fourth-order valence-electron chi connectivity index (χ4n) is 1.77.